The van der Waals surface area contributed by atoms with Crippen molar-refractivity contribution in [2.75, 3.05) is 19.3 Å². The van der Waals surface area contributed by atoms with E-state index in [0.717, 1.165) is 12.3 Å². The van der Waals surface area contributed by atoms with Gasteiger partial charge in [-0.1, -0.05) is 30.3 Å². The quantitative estimate of drug-likeness (QED) is 0.690. The van der Waals surface area contributed by atoms with Crippen LogP contribution in [-0.2, 0) is 17.1 Å². The van der Waals surface area contributed by atoms with E-state index in [9.17, 15) is 0 Å². The van der Waals surface area contributed by atoms with Crippen LogP contribution in [0.5, 0.6) is 0 Å². The molecule has 1 aromatic rings. The summed E-state index contributed by atoms with van der Waals surface area (Å²) in [6.45, 7) is 1.05. The second kappa shape index (κ2) is 10.1. The van der Waals surface area contributed by atoms with E-state index >= 15 is 0 Å². The van der Waals surface area contributed by atoms with Crippen LogP contribution in [-0.4, -0.2) is 24.2 Å². The van der Waals surface area contributed by atoms with E-state index in [4.69, 9.17) is 0 Å². The summed E-state index contributed by atoms with van der Waals surface area (Å²) in [6.07, 6.45) is 16.6. The molecule has 0 N–H and O–H groups in total. The van der Waals surface area contributed by atoms with Gasteiger partial charge in [-0.15, -0.1) is 0 Å². The molecule has 1 aliphatic heterocycles. The Bertz CT molecular complexity index is 427. The van der Waals surface area contributed by atoms with Crippen LogP contribution in [0.4, 0.5) is 0 Å². The first-order valence-corrected chi connectivity index (χ1v) is 8.62. The molecule has 0 aromatic heterocycles. The van der Waals surface area contributed by atoms with Crippen LogP contribution in [0.3, 0.4) is 0 Å². The number of hydrogen-bond acceptors (Lipinski definition) is 2. The van der Waals surface area contributed by atoms with Gasteiger partial charge in [0.1, 0.15) is 0 Å². The molecule has 2 aliphatic carbocycles. The maximum Gasteiger partial charge on any atom is 2.00 e. The summed E-state index contributed by atoms with van der Waals surface area (Å²) in [5.41, 5.74) is 1.42. The van der Waals surface area contributed by atoms with Gasteiger partial charge in [-0.3, -0.25) is 4.90 Å². The standard InChI is InChI=1S/C15H16NS.C5H5.Fe/c1-16-10-13-8-5-9-15(13)17-11-14(16)12-6-3-2-4-7-12;1-2-4-5-3-1;/h2-9,14H,10-11H2,1H3;1-5H;/q;;+2/t14-;;/m1../s1. The molecule has 1 nitrogen and oxygen atoms in total. The SMILES string of the molecule is CN1C[C]2[CH][CH][CH][C]2SC[C@@H]1c1ccccc1.[CH]1[CH][CH][CH][CH]1.[Fe+2]. The van der Waals surface area contributed by atoms with Crippen LogP contribution in [0.2, 0.25) is 0 Å². The Labute approximate surface area is 157 Å². The number of thioether (sulfide) groups is 1. The molecular formula is C20H21FeNS+2. The summed E-state index contributed by atoms with van der Waals surface area (Å²) < 4.78 is 0. The van der Waals surface area contributed by atoms with Crippen LogP contribution in [0, 0.1) is 62.5 Å². The maximum absolute atomic E-state index is 2.45. The molecule has 10 radical (unpaired) electrons. The Morgan fingerprint density at radius 3 is 2.22 bits per heavy atom. The van der Waals surface area contributed by atoms with Crippen molar-refractivity contribution in [1.29, 1.82) is 0 Å². The summed E-state index contributed by atoms with van der Waals surface area (Å²) in [6, 6.07) is 11.3. The van der Waals surface area contributed by atoms with Crippen LogP contribution in [0.1, 0.15) is 11.6 Å². The zero-order valence-corrected chi connectivity index (χ0v) is 15.1. The molecule has 0 amide bonds. The average Bonchev–Trinajstić information content (AvgIpc) is 3.22. The molecule has 0 unspecified atom stereocenters. The fourth-order valence-electron chi connectivity index (χ4n) is 2.73. The minimum Gasteiger partial charge on any atom is -0.298 e. The third kappa shape index (κ3) is 5.53. The van der Waals surface area contributed by atoms with Crippen molar-refractivity contribution in [2.45, 2.75) is 6.04 Å². The van der Waals surface area contributed by atoms with Crippen LogP contribution >= 0.6 is 11.8 Å². The van der Waals surface area contributed by atoms with Gasteiger partial charge >= 0.3 is 17.1 Å². The molecule has 3 aliphatic rings. The Hall–Kier alpha value is 0.0495. The molecule has 118 valence electrons. The fraction of sp³-hybridized carbons (Fsp3) is 0.200. The minimum atomic E-state index is 0. The summed E-state index contributed by atoms with van der Waals surface area (Å²) in [4.78, 5) is 2.45. The third-order valence-electron chi connectivity index (χ3n) is 3.95. The molecular weight excluding hydrogens is 342 g/mol. The van der Waals surface area contributed by atoms with E-state index < -0.39 is 0 Å². The zero-order chi connectivity index (χ0) is 15.2. The van der Waals surface area contributed by atoms with Crippen molar-refractivity contribution in [3.05, 3.63) is 98.4 Å². The summed E-state index contributed by atoms with van der Waals surface area (Å²) >= 11 is 1.98. The van der Waals surface area contributed by atoms with Crippen molar-refractivity contribution in [3.63, 3.8) is 0 Å². The molecule has 1 atom stereocenters. The van der Waals surface area contributed by atoms with Gasteiger partial charge < -0.3 is 0 Å². The molecule has 3 heteroatoms. The van der Waals surface area contributed by atoms with Crippen LogP contribution in [0.25, 0.3) is 0 Å². The Kier molecular flexibility index (Phi) is 8.54. The smallest absolute Gasteiger partial charge is 0.298 e. The predicted molar refractivity (Wildman–Crippen MR) is 95.2 cm³/mol. The number of benzene rings is 1. The Morgan fingerprint density at radius 1 is 0.913 bits per heavy atom. The van der Waals surface area contributed by atoms with Gasteiger partial charge in [-0.05, 0) is 64.0 Å². The largest absolute Gasteiger partial charge is 2.00 e. The maximum atomic E-state index is 2.45. The first kappa shape index (κ1) is 19.4. The van der Waals surface area contributed by atoms with Gasteiger partial charge in [0.2, 0.25) is 0 Å². The van der Waals surface area contributed by atoms with Crippen LogP contribution in [0.15, 0.2) is 30.3 Å². The van der Waals surface area contributed by atoms with Gasteiger partial charge in [0.15, 0.2) is 0 Å². The fourth-order valence-corrected chi connectivity index (χ4v) is 4.01. The van der Waals surface area contributed by atoms with Gasteiger partial charge in [-0.2, -0.15) is 11.8 Å². The topological polar surface area (TPSA) is 3.24 Å². The molecule has 1 heterocycles. The van der Waals surface area contributed by atoms with Gasteiger partial charge in [0.05, 0.1) is 0 Å². The van der Waals surface area contributed by atoms with Crippen LogP contribution < -0.4 is 0 Å². The van der Waals surface area contributed by atoms with Crippen molar-refractivity contribution in [1.82, 2.24) is 4.90 Å². The zero-order valence-electron chi connectivity index (χ0n) is 13.2. The molecule has 23 heavy (non-hydrogen) atoms. The second-order valence-electron chi connectivity index (χ2n) is 5.53. The van der Waals surface area contributed by atoms with Gasteiger partial charge in [0, 0.05) is 29.5 Å². The summed E-state index contributed by atoms with van der Waals surface area (Å²) in [5.74, 6) is 2.60. The number of fused-ring (bicyclic) bond motifs is 1. The first-order valence-electron chi connectivity index (χ1n) is 7.64. The molecule has 1 saturated heterocycles. The van der Waals surface area contributed by atoms with E-state index in [2.05, 4.69) is 61.5 Å². The first-order chi connectivity index (χ1) is 10.8. The van der Waals surface area contributed by atoms with E-state index in [1.807, 2.05) is 43.9 Å². The Morgan fingerprint density at radius 2 is 1.57 bits per heavy atom. The van der Waals surface area contributed by atoms with E-state index in [1.165, 1.54) is 16.7 Å². The van der Waals surface area contributed by atoms with E-state index in [1.54, 1.807) is 0 Å². The van der Waals surface area contributed by atoms with Crippen molar-refractivity contribution < 1.29 is 17.1 Å². The Balaban J connectivity index is 0.000000276. The van der Waals surface area contributed by atoms with Crippen molar-refractivity contribution in [2.24, 2.45) is 0 Å². The molecule has 1 aromatic carbocycles. The summed E-state index contributed by atoms with van der Waals surface area (Å²) in [5, 5.41) is 1.45. The average molecular weight is 363 g/mol. The monoisotopic (exact) mass is 363 g/mol. The minimum absolute atomic E-state index is 0. The number of nitrogens with zero attached hydrogens (tertiary/aromatic N) is 1. The van der Waals surface area contributed by atoms with E-state index in [0.29, 0.717) is 6.04 Å². The molecule has 4 rings (SSSR count). The third-order valence-corrected chi connectivity index (χ3v) is 5.14. The van der Waals surface area contributed by atoms with Gasteiger partial charge in [-0.25, -0.2) is 0 Å². The molecule has 2 saturated carbocycles. The van der Waals surface area contributed by atoms with Crippen molar-refractivity contribution >= 4 is 11.8 Å². The molecule has 3 fully saturated rings. The summed E-state index contributed by atoms with van der Waals surface area (Å²) in [7, 11) is 2.22. The van der Waals surface area contributed by atoms with Gasteiger partial charge in [0.25, 0.3) is 0 Å². The normalized spacial score (nSPS) is 25.9. The number of rotatable bonds is 1. The van der Waals surface area contributed by atoms with Crippen molar-refractivity contribution in [3.8, 4) is 0 Å². The molecule has 0 spiro atoms. The predicted octanol–water partition coefficient (Wildman–Crippen LogP) is 4.16. The molecule has 0 bridgehead atoms. The number of hydrogen-bond donors (Lipinski definition) is 0. The second-order valence-corrected chi connectivity index (χ2v) is 6.59. The van der Waals surface area contributed by atoms with E-state index in [-0.39, 0.29) is 17.1 Å².